The number of carbonyl (C=O) groups is 1. The third kappa shape index (κ3) is 3.55. The number of fused-ring (bicyclic) bond motifs is 2. The molecule has 2 fully saturated rings. The average molecular weight is 282 g/mol. The van der Waals surface area contributed by atoms with Gasteiger partial charge in [-0.05, 0) is 45.1 Å². The quantitative estimate of drug-likeness (QED) is 0.443. The van der Waals surface area contributed by atoms with E-state index in [9.17, 15) is 4.79 Å². The second-order valence-electron chi connectivity index (χ2n) is 6.48. The highest BCUT2D eigenvalue weighted by molar-refractivity contribution is 5.69. The molecule has 0 aromatic rings. The van der Waals surface area contributed by atoms with Gasteiger partial charge in [-0.1, -0.05) is 5.11 Å². The van der Waals surface area contributed by atoms with Crippen molar-refractivity contribution in [3.8, 4) is 0 Å². The predicted molar refractivity (Wildman–Crippen MR) is 73.2 cm³/mol. The highest BCUT2D eigenvalue weighted by atomic mass is 16.6. The Labute approximate surface area is 118 Å². The first-order chi connectivity index (χ1) is 9.40. The maximum absolute atomic E-state index is 12.3. The van der Waals surface area contributed by atoms with Gasteiger partial charge in [-0.25, -0.2) is 4.79 Å². The van der Waals surface area contributed by atoms with Gasteiger partial charge in [0, 0.05) is 11.5 Å². The molecule has 0 aromatic heterocycles. The van der Waals surface area contributed by atoms with E-state index < -0.39 is 5.60 Å². The largest absolute Gasteiger partial charge is 0.444 e. The molecule has 0 spiro atoms. The molecule has 0 N–H and O–H groups in total. The Balaban J connectivity index is 2.04. The summed E-state index contributed by atoms with van der Waals surface area (Å²) in [5.74, 6) is 0.323. The first-order valence-electron chi connectivity index (χ1n) is 7.00. The van der Waals surface area contributed by atoms with Crippen LogP contribution in [0.5, 0.6) is 0 Å². The fraction of sp³-hybridized carbons (Fsp3) is 0.923. The van der Waals surface area contributed by atoms with Crippen molar-refractivity contribution in [2.24, 2.45) is 11.0 Å². The summed E-state index contributed by atoms with van der Waals surface area (Å²) in [6.45, 7) is 7.15. The lowest BCUT2D eigenvalue weighted by molar-refractivity contribution is -0.0886. The standard InChI is InChI=1S/C13H22N4O3/c1-13(2,3)20-12(18)17-10-4-9(6-15-16-14)5-11(17)8-19-7-10/h9-11H,4-8H2,1-3H3. The predicted octanol–water partition coefficient (Wildman–Crippen LogP) is 2.71. The topological polar surface area (TPSA) is 87.5 Å². The SMILES string of the molecule is CC(C)(C)OC(=O)N1C2COCC1CC(CN=[N+]=[N-])C2. The Hall–Kier alpha value is -1.46. The van der Waals surface area contributed by atoms with Crippen LogP contribution >= 0.6 is 0 Å². The molecule has 2 rings (SSSR count). The molecular formula is C13H22N4O3. The molecule has 2 unspecified atom stereocenters. The van der Waals surface area contributed by atoms with Crippen molar-refractivity contribution in [2.75, 3.05) is 19.8 Å². The minimum absolute atomic E-state index is 0.0243. The molecule has 7 nitrogen and oxygen atoms in total. The number of hydrogen-bond donors (Lipinski definition) is 0. The van der Waals surface area contributed by atoms with Crippen LogP contribution in [-0.2, 0) is 9.47 Å². The fourth-order valence-electron chi connectivity index (χ4n) is 2.94. The molecule has 2 aliphatic heterocycles. The number of morpholine rings is 1. The molecule has 2 atom stereocenters. The van der Waals surface area contributed by atoms with Gasteiger partial charge in [-0.15, -0.1) is 0 Å². The summed E-state index contributed by atoms with van der Waals surface area (Å²) in [6, 6.07) is 0.0486. The number of azide groups is 1. The summed E-state index contributed by atoms with van der Waals surface area (Å²) in [4.78, 5) is 16.9. The maximum atomic E-state index is 12.3. The van der Waals surface area contributed by atoms with E-state index in [4.69, 9.17) is 15.0 Å². The summed E-state index contributed by atoms with van der Waals surface area (Å²) in [5.41, 5.74) is 7.92. The lowest BCUT2D eigenvalue weighted by Crippen LogP contribution is -2.60. The Morgan fingerprint density at radius 3 is 2.50 bits per heavy atom. The van der Waals surface area contributed by atoms with Crippen LogP contribution in [0.25, 0.3) is 10.4 Å². The molecule has 2 heterocycles. The van der Waals surface area contributed by atoms with Crippen molar-refractivity contribution in [1.82, 2.24) is 4.90 Å². The minimum atomic E-state index is -0.492. The lowest BCUT2D eigenvalue weighted by Gasteiger charge is -2.48. The van der Waals surface area contributed by atoms with Gasteiger partial charge >= 0.3 is 6.09 Å². The molecule has 0 aromatic carbocycles. The number of rotatable bonds is 2. The maximum Gasteiger partial charge on any atom is 0.410 e. The van der Waals surface area contributed by atoms with E-state index in [1.54, 1.807) is 0 Å². The smallest absolute Gasteiger partial charge is 0.410 e. The van der Waals surface area contributed by atoms with E-state index in [1.165, 1.54) is 0 Å². The first-order valence-corrected chi connectivity index (χ1v) is 7.00. The number of hydrogen-bond acceptors (Lipinski definition) is 4. The molecule has 1 amide bonds. The van der Waals surface area contributed by atoms with Crippen molar-refractivity contribution in [3.63, 3.8) is 0 Å². The van der Waals surface area contributed by atoms with Gasteiger partial charge in [0.25, 0.3) is 0 Å². The summed E-state index contributed by atoms with van der Waals surface area (Å²) in [6.07, 6.45) is 1.34. The summed E-state index contributed by atoms with van der Waals surface area (Å²) in [7, 11) is 0. The molecule has 0 radical (unpaired) electrons. The van der Waals surface area contributed by atoms with Crippen LogP contribution in [0.15, 0.2) is 5.11 Å². The van der Waals surface area contributed by atoms with Crippen molar-refractivity contribution in [2.45, 2.75) is 51.3 Å². The Morgan fingerprint density at radius 1 is 1.40 bits per heavy atom. The number of carbonyl (C=O) groups excluding carboxylic acids is 1. The van der Waals surface area contributed by atoms with Crippen LogP contribution in [0.4, 0.5) is 4.79 Å². The highest BCUT2D eigenvalue weighted by Gasteiger charge is 2.42. The van der Waals surface area contributed by atoms with Crippen molar-refractivity contribution >= 4 is 6.09 Å². The monoisotopic (exact) mass is 282 g/mol. The third-order valence-electron chi connectivity index (χ3n) is 3.63. The molecule has 112 valence electrons. The second kappa shape index (κ2) is 5.89. The summed E-state index contributed by atoms with van der Waals surface area (Å²) in [5, 5.41) is 3.66. The van der Waals surface area contributed by atoms with Crippen LogP contribution in [0.3, 0.4) is 0 Å². The Bertz CT molecular complexity index is 400. The van der Waals surface area contributed by atoms with Crippen LogP contribution in [-0.4, -0.2) is 48.4 Å². The van der Waals surface area contributed by atoms with Crippen molar-refractivity contribution in [1.29, 1.82) is 0 Å². The number of amides is 1. The van der Waals surface area contributed by atoms with E-state index in [-0.39, 0.29) is 18.2 Å². The van der Waals surface area contributed by atoms with E-state index in [2.05, 4.69) is 10.0 Å². The van der Waals surface area contributed by atoms with Crippen LogP contribution in [0.1, 0.15) is 33.6 Å². The summed E-state index contributed by atoms with van der Waals surface area (Å²) < 4.78 is 11.0. The Morgan fingerprint density at radius 2 is 2.00 bits per heavy atom. The van der Waals surface area contributed by atoms with Crippen molar-refractivity contribution < 1.29 is 14.3 Å². The zero-order chi connectivity index (χ0) is 14.8. The molecule has 2 aliphatic rings. The van der Waals surface area contributed by atoms with Gasteiger partial charge in [0.05, 0.1) is 25.3 Å². The van der Waals surface area contributed by atoms with Gasteiger partial charge in [0.2, 0.25) is 0 Å². The highest BCUT2D eigenvalue weighted by Crippen LogP contribution is 2.33. The van der Waals surface area contributed by atoms with Gasteiger partial charge in [-0.3, -0.25) is 4.90 Å². The zero-order valence-electron chi connectivity index (χ0n) is 12.3. The number of ether oxygens (including phenoxy) is 2. The van der Waals surface area contributed by atoms with E-state index in [1.807, 2.05) is 25.7 Å². The molecule has 2 saturated heterocycles. The normalized spacial score (nSPS) is 29.6. The lowest BCUT2D eigenvalue weighted by atomic mass is 9.85. The van der Waals surface area contributed by atoms with Crippen molar-refractivity contribution in [3.05, 3.63) is 10.4 Å². The van der Waals surface area contributed by atoms with E-state index in [0.717, 1.165) is 12.8 Å². The molecule has 0 saturated carbocycles. The second-order valence-corrected chi connectivity index (χ2v) is 6.48. The molecule has 0 aliphatic carbocycles. The van der Waals surface area contributed by atoms with Gasteiger partial charge in [-0.2, -0.15) is 0 Å². The van der Waals surface area contributed by atoms with Gasteiger partial charge in [0.15, 0.2) is 0 Å². The molecule has 2 bridgehead atoms. The molecule has 20 heavy (non-hydrogen) atoms. The van der Waals surface area contributed by atoms with Crippen LogP contribution in [0, 0.1) is 5.92 Å². The first kappa shape index (κ1) is 14.9. The van der Waals surface area contributed by atoms with Crippen LogP contribution in [0.2, 0.25) is 0 Å². The van der Waals surface area contributed by atoms with E-state index in [0.29, 0.717) is 25.7 Å². The minimum Gasteiger partial charge on any atom is -0.444 e. The molecule has 7 heteroatoms. The van der Waals surface area contributed by atoms with Crippen LogP contribution < -0.4 is 0 Å². The third-order valence-corrected chi connectivity index (χ3v) is 3.63. The average Bonchev–Trinajstić information content (AvgIpc) is 2.32. The number of nitrogens with zero attached hydrogens (tertiary/aromatic N) is 4. The fourth-order valence-corrected chi connectivity index (χ4v) is 2.94. The molecular weight excluding hydrogens is 260 g/mol. The number of piperidine rings is 1. The zero-order valence-corrected chi connectivity index (χ0v) is 12.3. The summed E-state index contributed by atoms with van der Waals surface area (Å²) >= 11 is 0. The Kier molecular flexibility index (Phi) is 4.40. The van der Waals surface area contributed by atoms with Gasteiger partial charge in [0.1, 0.15) is 5.60 Å². The van der Waals surface area contributed by atoms with E-state index >= 15 is 0 Å². The van der Waals surface area contributed by atoms with Gasteiger partial charge < -0.3 is 9.47 Å².